The maximum atomic E-state index is 12.8. The normalized spacial score (nSPS) is 12.3. The van der Waals surface area contributed by atoms with E-state index in [9.17, 15) is 13.2 Å². The standard InChI is InChI=1S/C20H21ClN4O4S2/c1-12-5-8-15(11-17(12)21)25(31(4,27)28)13(2)18(26)22-20-24-23-19(30-20)14-6-9-16(29-3)10-7-14/h5-11,13H,1-4H3,(H,22,24,26)/t13-/m1/s1. The number of hydrogen-bond donors (Lipinski definition) is 1. The van der Waals surface area contributed by atoms with E-state index in [-0.39, 0.29) is 5.13 Å². The van der Waals surface area contributed by atoms with Crippen molar-refractivity contribution in [1.82, 2.24) is 10.2 Å². The molecule has 31 heavy (non-hydrogen) atoms. The first-order valence-corrected chi connectivity index (χ1v) is 12.2. The van der Waals surface area contributed by atoms with Crippen LogP contribution < -0.4 is 14.4 Å². The van der Waals surface area contributed by atoms with E-state index >= 15 is 0 Å². The van der Waals surface area contributed by atoms with Crippen LogP contribution in [0.15, 0.2) is 42.5 Å². The van der Waals surface area contributed by atoms with Gasteiger partial charge < -0.3 is 4.74 Å². The summed E-state index contributed by atoms with van der Waals surface area (Å²) in [6, 6.07) is 11.1. The molecule has 0 fully saturated rings. The molecule has 0 radical (unpaired) electrons. The van der Waals surface area contributed by atoms with Crippen LogP contribution in [0.3, 0.4) is 0 Å². The molecule has 3 aromatic rings. The summed E-state index contributed by atoms with van der Waals surface area (Å²) in [6.45, 7) is 3.30. The zero-order valence-electron chi connectivity index (χ0n) is 17.3. The number of nitrogens with zero attached hydrogens (tertiary/aromatic N) is 3. The molecule has 0 bridgehead atoms. The first-order valence-electron chi connectivity index (χ1n) is 9.14. The van der Waals surface area contributed by atoms with Crippen LogP contribution in [0.2, 0.25) is 5.02 Å². The van der Waals surface area contributed by atoms with Crippen molar-refractivity contribution in [2.24, 2.45) is 0 Å². The fourth-order valence-corrected chi connectivity index (χ4v) is 4.95. The van der Waals surface area contributed by atoms with E-state index in [0.717, 1.165) is 21.7 Å². The molecule has 0 aliphatic carbocycles. The Labute approximate surface area is 189 Å². The van der Waals surface area contributed by atoms with Crippen LogP contribution in [-0.2, 0) is 14.8 Å². The van der Waals surface area contributed by atoms with Gasteiger partial charge >= 0.3 is 0 Å². The SMILES string of the molecule is COc1ccc(-c2nnc(NC(=O)[C@@H](C)N(c3ccc(C)c(Cl)c3)S(C)(=O)=O)s2)cc1. The highest BCUT2D eigenvalue weighted by molar-refractivity contribution is 7.92. The molecule has 0 aliphatic heterocycles. The van der Waals surface area contributed by atoms with Gasteiger partial charge in [-0.2, -0.15) is 0 Å². The van der Waals surface area contributed by atoms with Crippen molar-refractivity contribution in [2.75, 3.05) is 23.0 Å². The summed E-state index contributed by atoms with van der Waals surface area (Å²) in [6.07, 6.45) is 1.04. The van der Waals surface area contributed by atoms with Crippen molar-refractivity contribution in [3.8, 4) is 16.3 Å². The zero-order valence-corrected chi connectivity index (χ0v) is 19.7. The monoisotopic (exact) mass is 480 g/mol. The smallest absolute Gasteiger partial charge is 0.249 e. The number of amides is 1. The molecule has 8 nitrogen and oxygen atoms in total. The van der Waals surface area contributed by atoms with E-state index in [1.807, 2.05) is 19.1 Å². The Kier molecular flexibility index (Phi) is 6.83. The number of carbonyl (C=O) groups is 1. The molecule has 1 heterocycles. The molecular weight excluding hydrogens is 460 g/mol. The highest BCUT2D eigenvalue weighted by Gasteiger charge is 2.30. The lowest BCUT2D eigenvalue weighted by atomic mass is 10.2. The van der Waals surface area contributed by atoms with Crippen LogP contribution in [0.25, 0.3) is 10.6 Å². The summed E-state index contributed by atoms with van der Waals surface area (Å²) in [5.41, 5.74) is 1.92. The first-order chi connectivity index (χ1) is 14.6. The number of anilines is 2. The Hall–Kier alpha value is -2.69. The molecule has 11 heteroatoms. The number of sulfonamides is 1. The summed E-state index contributed by atoms with van der Waals surface area (Å²) in [5, 5.41) is 12.0. The van der Waals surface area contributed by atoms with Crippen LogP contribution in [-0.4, -0.2) is 43.9 Å². The molecule has 1 aromatic heterocycles. The quantitative estimate of drug-likeness (QED) is 0.549. The van der Waals surface area contributed by atoms with Crippen LogP contribution in [0.5, 0.6) is 5.75 Å². The minimum atomic E-state index is -3.76. The van der Waals surface area contributed by atoms with E-state index in [2.05, 4.69) is 15.5 Å². The Morgan fingerprint density at radius 3 is 2.45 bits per heavy atom. The largest absolute Gasteiger partial charge is 0.497 e. The summed E-state index contributed by atoms with van der Waals surface area (Å²) in [4.78, 5) is 12.8. The highest BCUT2D eigenvalue weighted by atomic mass is 35.5. The first kappa shape index (κ1) is 23.0. The lowest BCUT2D eigenvalue weighted by Gasteiger charge is -2.28. The van der Waals surface area contributed by atoms with Crippen molar-refractivity contribution in [3.05, 3.63) is 53.1 Å². The van der Waals surface area contributed by atoms with Crippen LogP contribution in [0.1, 0.15) is 12.5 Å². The lowest BCUT2D eigenvalue weighted by molar-refractivity contribution is -0.116. The van der Waals surface area contributed by atoms with Gasteiger partial charge in [-0.05, 0) is 55.8 Å². The average Bonchev–Trinajstić information content (AvgIpc) is 3.18. The van der Waals surface area contributed by atoms with E-state index < -0.39 is 22.0 Å². The van der Waals surface area contributed by atoms with Crippen molar-refractivity contribution < 1.29 is 17.9 Å². The van der Waals surface area contributed by atoms with Gasteiger partial charge in [-0.15, -0.1) is 10.2 Å². The summed E-state index contributed by atoms with van der Waals surface area (Å²) < 4.78 is 31.0. The molecule has 1 amide bonds. The third-order valence-electron chi connectivity index (χ3n) is 4.49. The number of nitrogens with one attached hydrogen (secondary N) is 1. The summed E-state index contributed by atoms with van der Waals surface area (Å²) in [7, 11) is -2.18. The second kappa shape index (κ2) is 9.21. The lowest BCUT2D eigenvalue weighted by Crippen LogP contribution is -2.45. The number of hydrogen-bond acceptors (Lipinski definition) is 7. The van der Waals surface area contributed by atoms with Crippen LogP contribution in [0.4, 0.5) is 10.8 Å². The van der Waals surface area contributed by atoms with Gasteiger partial charge in [0.2, 0.25) is 21.1 Å². The van der Waals surface area contributed by atoms with Crippen molar-refractivity contribution >= 4 is 49.7 Å². The molecular formula is C20H21ClN4O4S2. The van der Waals surface area contributed by atoms with Crippen molar-refractivity contribution in [2.45, 2.75) is 19.9 Å². The third-order valence-corrected chi connectivity index (χ3v) is 7.03. The summed E-state index contributed by atoms with van der Waals surface area (Å²) >= 11 is 7.34. The minimum Gasteiger partial charge on any atom is -0.497 e. The molecule has 0 saturated carbocycles. The fraction of sp³-hybridized carbons (Fsp3) is 0.250. The number of rotatable bonds is 7. The molecule has 1 N–H and O–H groups in total. The maximum Gasteiger partial charge on any atom is 0.249 e. The molecule has 2 aromatic carbocycles. The highest BCUT2D eigenvalue weighted by Crippen LogP contribution is 2.29. The van der Waals surface area contributed by atoms with E-state index in [1.165, 1.54) is 24.3 Å². The number of ether oxygens (including phenoxy) is 1. The van der Waals surface area contributed by atoms with Gasteiger partial charge in [-0.25, -0.2) is 8.42 Å². The maximum absolute atomic E-state index is 12.8. The van der Waals surface area contributed by atoms with E-state index in [0.29, 0.717) is 21.5 Å². The second-order valence-electron chi connectivity index (χ2n) is 6.80. The number of benzene rings is 2. The van der Waals surface area contributed by atoms with Crippen LogP contribution in [0, 0.1) is 6.92 Å². The topological polar surface area (TPSA) is 101 Å². The number of aryl methyl sites for hydroxylation is 1. The average molecular weight is 481 g/mol. The molecule has 0 unspecified atom stereocenters. The van der Waals surface area contributed by atoms with Gasteiger partial charge in [0.15, 0.2) is 0 Å². The predicted octanol–water partition coefficient (Wildman–Crippen LogP) is 3.97. The third kappa shape index (κ3) is 5.33. The number of carbonyl (C=O) groups excluding carboxylic acids is 1. The Balaban J connectivity index is 1.81. The second-order valence-corrected chi connectivity index (χ2v) is 10.0. The Bertz CT molecular complexity index is 1200. The number of aromatic nitrogens is 2. The molecule has 0 spiro atoms. The van der Waals surface area contributed by atoms with Crippen molar-refractivity contribution in [3.63, 3.8) is 0 Å². The molecule has 164 valence electrons. The predicted molar refractivity (Wildman–Crippen MR) is 124 cm³/mol. The molecule has 0 aliphatic rings. The molecule has 0 saturated heterocycles. The van der Waals surface area contributed by atoms with Crippen molar-refractivity contribution in [1.29, 1.82) is 0 Å². The molecule has 3 rings (SSSR count). The van der Waals surface area contributed by atoms with Gasteiger partial charge in [-0.1, -0.05) is 29.0 Å². The summed E-state index contributed by atoms with van der Waals surface area (Å²) in [5.74, 6) is 0.173. The van der Waals surface area contributed by atoms with Gasteiger partial charge in [0.25, 0.3) is 0 Å². The number of methoxy groups -OCH3 is 1. The fourth-order valence-electron chi connectivity index (χ4n) is 2.86. The van der Waals surface area contributed by atoms with E-state index in [1.54, 1.807) is 31.4 Å². The van der Waals surface area contributed by atoms with Gasteiger partial charge in [-0.3, -0.25) is 14.4 Å². The van der Waals surface area contributed by atoms with Gasteiger partial charge in [0.1, 0.15) is 16.8 Å². The van der Waals surface area contributed by atoms with Gasteiger partial charge in [0.05, 0.1) is 19.1 Å². The molecule has 1 atom stereocenters. The van der Waals surface area contributed by atoms with Gasteiger partial charge in [0, 0.05) is 10.6 Å². The zero-order chi connectivity index (χ0) is 22.8. The minimum absolute atomic E-state index is 0.262. The van der Waals surface area contributed by atoms with Crippen LogP contribution >= 0.6 is 22.9 Å². The van der Waals surface area contributed by atoms with E-state index in [4.69, 9.17) is 16.3 Å². The Morgan fingerprint density at radius 1 is 1.19 bits per heavy atom. The number of halogens is 1. The Morgan fingerprint density at radius 2 is 1.87 bits per heavy atom.